The van der Waals surface area contributed by atoms with E-state index in [1.807, 2.05) is 25.1 Å². The molecule has 0 saturated heterocycles. The molecular formula is C26H23F3N2O4. The van der Waals surface area contributed by atoms with Crippen molar-refractivity contribution in [3.63, 3.8) is 0 Å². The Balaban J connectivity index is 1.46. The Labute approximate surface area is 199 Å². The van der Waals surface area contributed by atoms with Crippen LogP contribution in [0.4, 0.5) is 13.2 Å². The third-order valence-corrected chi connectivity index (χ3v) is 5.46. The Morgan fingerprint density at radius 1 is 1.03 bits per heavy atom. The Hall–Kier alpha value is -4.01. The van der Waals surface area contributed by atoms with Crippen molar-refractivity contribution in [2.45, 2.75) is 39.2 Å². The number of rotatable bonds is 7. The van der Waals surface area contributed by atoms with Gasteiger partial charge < -0.3 is 14.6 Å². The molecule has 3 aromatic carbocycles. The number of ether oxygens (including phenoxy) is 2. The van der Waals surface area contributed by atoms with Crippen molar-refractivity contribution in [1.82, 2.24) is 9.78 Å². The van der Waals surface area contributed by atoms with E-state index in [9.17, 15) is 23.1 Å². The van der Waals surface area contributed by atoms with Gasteiger partial charge in [0.1, 0.15) is 18.1 Å². The number of hydrogen-bond donors (Lipinski definition) is 1. The number of aryl methyl sites for hydroxylation is 1. The molecule has 4 aromatic rings. The molecule has 0 aliphatic rings. The van der Waals surface area contributed by atoms with Gasteiger partial charge in [-0.1, -0.05) is 6.07 Å². The molecule has 0 unspecified atom stereocenters. The number of nitrogens with zero attached hydrogens (tertiary/aromatic N) is 2. The summed E-state index contributed by atoms with van der Waals surface area (Å²) in [6.45, 7) is 5.05. The van der Waals surface area contributed by atoms with Gasteiger partial charge in [0, 0.05) is 11.6 Å². The molecule has 6 nitrogen and oxygen atoms in total. The molecule has 0 radical (unpaired) electrons. The molecule has 35 heavy (non-hydrogen) atoms. The second-order valence-electron chi connectivity index (χ2n) is 8.64. The number of halogens is 3. The number of benzene rings is 3. The number of hydrogen-bond acceptors (Lipinski definition) is 4. The predicted molar refractivity (Wildman–Crippen MR) is 124 cm³/mol. The molecule has 0 bridgehead atoms. The molecule has 0 amide bonds. The fourth-order valence-corrected chi connectivity index (χ4v) is 3.41. The Bertz CT molecular complexity index is 1380. The first-order valence-electron chi connectivity index (χ1n) is 10.7. The van der Waals surface area contributed by atoms with Gasteiger partial charge in [0.25, 0.3) is 0 Å². The van der Waals surface area contributed by atoms with Crippen LogP contribution in [0.15, 0.2) is 66.9 Å². The maximum atomic E-state index is 12.8. The van der Waals surface area contributed by atoms with Crippen LogP contribution in [0.2, 0.25) is 0 Å². The minimum atomic E-state index is -4.39. The molecule has 0 fully saturated rings. The van der Waals surface area contributed by atoms with Crippen LogP contribution in [0.25, 0.3) is 16.6 Å². The van der Waals surface area contributed by atoms with Crippen LogP contribution in [-0.2, 0) is 17.6 Å². The molecule has 0 saturated carbocycles. The van der Waals surface area contributed by atoms with Gasteiger partial charge in [-0.3, -0.25) is 0 Å². The second-order valence-corrected chi connectivity index (χ2v) is 8.64. The fraction of sp³-hybridized carbons (Fsp3) is 0.231. The van der Waals surface area contributed by atoms with Gasteiger partial charge in [0.2, 0.25) is 0 Å². The molecule has 0 spiro atoms. The monoisotopic (exact) mass is 484 g/mol. The molecule has 9 heteroatoms. The molecular weight excluding hydrogens is 461 g/mol. The van der Waals surface area contributed by atoms with E-state index >= 15 is 0 Å². The standard InChI is InChI=1S/C26H23F3N2O4/c1-16-12-21(9-11-23(16)35-25(2,3)24(32)33)34-15-17-4-10-22-18(13-17)14-31(30-22)20-7-5-19(6-8-20)26(27,28)29/h4-14H,15H2,1-3H3,(H,32,33). The van der Waals surface area contributed by atoms with Crippen molar-refractivity contribution in [2.24, 2.45) is 0 Å². The average molecular weight is 484 g/mol. The van der Waals surface area contributed by atoms with Gasteiger partial charge in [-0.05, 0) is 86.5 Å². The minimum absolute atomic E-state index is 0.279. The number of carbonyl (C=O) groups is 1. The Kier molecular flexibility index (Phi) is 6.19. The van der Waals surface area contributed by atoms with Gasteiger partial charge in [-0.15, -0.1) is 0 Å². The van der Waals surface area contributed by atoms with Crippen LogP contribution in [0.3, 0.4) is 0 Å². The zero-order valence-electron chi connectivity index (χ0n) is 19.3. The zero-order valence-corrected chi connectivity index (χ0v) is 19.3. The molecule has 0 aliphatic heterocycles. The molecule has 1 aromatic heterocycles. The number of fused-ring (bicyclic) bond motifs is 1. The molecule has 0 aliphatic carbocycles. The lowest BCUT2D eigenvalue weighted by Crippen LogP contribution is -2.38. The molecule has 4 rings (SSSR count). The number of aromatic nitrogens is 2. The highest BCUT2D eigenvalue weighted by molar-refractivity contribution is 5.79. The highest BCUT2D eigenvalue weighted by atomic mass is 19.4. The molecule has 0 atom stereocenters. The van der Waals surface area contributed by atoms with E-state index in [1.165, 1.54) is 30.7 Å². The SMILES string of the molecule is Cc1cc(OCc2ccc3nn(-c4ccc(C(F)(F)F)cc4)cc3c2)ccc1OC(C)(C)C(=O)O. The Morgan fingerprint density at radius 3 is 2.37 bits per heavy atom. The normalized spacial score (nSPS) is 12.1. The van der Waals surface area contributed by atoms with E-state index in [-0.39, 0.29) is 6.61 Å². The van der Waals surface area contributed by atoms with E-state index in [1.54, 1.807) is 24.4 Å². The highest BCUT2D eigenvalue weighted by Gasteiger charge is 2.30. The quantitative estimate of drug-likeness (QED) is 0.339. The maximum Gasteiger partial charge on any atom is 0.416 e. The van der Waals surface area contributed by atoms with E-state index in [4.69, 9.17) is 9.47 Å². The first-order valence-corrected chi connectivity index (χ1v) is 10.7. The van der Waals surface area contributed by atoms with E-state index in [0.717, 1.165) is 28.6 Å². The van der Waals surface area contributed by atoms with Gasteiger partial charge in [-0.2, -0.15) is 18.3 Å². The molecule has 182 valence electrons. The fourth-order valence-electron chi connectivity index (χ4n) is 3.41. The summed E-state index contributed by atoms with van der Waals surface area (Å²) in [5, 5.41) is 14.5. The first-order chi connectivity index (χ1) is 16.4. The Morgan fingerprint density at radius 2 is 1.74 bits per heavy atom. The lowest BCUT2D eigenvalue weighted by molar-refractivity contribution is -0.152. The van der Waals surface area contributed by atoms with Gasteiger partial charge in [0.05, 0.1) is 16.8 Å². The van der Waals surface area contributed by atoms with Crippen molar-refractivity contribution in [2.75, 3.05) is 0 Å². The summed E-state index contributed by atoms with van der Waals surface area (Å²) in [6.07, 6.45) is -2.63. The lowest BCUT2D eigenvalue weighted by atomic mass is 10.1. The van der Waals surface area contributed by atoms with E-state index in [0.29, 0.717) is 22.7 Å². The van der Waals surface area contributed by atoms with Crippen LogP contribution in [0.1, 0.15) is 30.5 Å². The minimum Gasteiger partial charge on any atom is -0.489 e. The molecule has 1 heterocycles. The summed E-state index contributed by atoms with van der Waals surface area (Å²) in [4.78, 5) is 11.3. The number of carboxylic acids is 1. The average Bonchev–Trinajstić information content (AvgIpc) is 3.22. The van der Waals surface area contributed by atoms with Crippen molar-refractivity contribution in [1.29, 1.82) is 0 Å². The number of carboxylic acid groups (broad SMARTS) is 1. The van der Waals surface area contributed by atoms with Gasteiger partial charge >= 0.3 is 12.1 Å². The van der Waals surface area contributed by atoms with Crippen LogP contribution in [0, 0.1) is 6.92 Å². The topological polar surface area (TPSA) is 73.6 Å². The van der Waals surface area contributed by atoms with Crippen LogP contribution < -0.4 is 9.47 Å². The smallest absolute Gasteiger partial charge is 0.416 e. The third kappa shape index (κ3) is 5.40. The van der Waals surface area contributed by atoms with Crippen molar-refractivity contribution < 1.29 is 32.5 Å². The second kappa shape index (κ2) is 8.98. The number of alkyl halides is 3. The first kappa shape index (κ1) is 24.1. The van der Waals surface area contributed by atoms with E-state index < -0.39 is 23.3 Å². The molecule has 1 N–H and O–H groups in total. The summed E-state index contributed by atoms with van der Waals surface area (Å²) < 4.78 is 51.4. The lowest BCUT2D eigenvalue weighted by Gasteiger charge is -2.23. The third-order valence-electron chi connectivity index (χ3n) is 5.46. The van der Waals surface area contributed by atoms with Crippen LogP contribution in [0.5, 0.6) is 11.5 Å². The highest BCUT2D eigenvalue weighted by Crippen LogP contribution is 2.30. The van der Waals surface area contributed by atoms with E-state index in [2.05, 4.69) is 5.10 Å². The number of aliphatic carboxylic acids is 1. The predicted octanol–water partition coefficient (Wildman–Crippen LogP) is 6.17. The van der Waals surface area contributed by atoms with Crippen molar-refractivity contribution >= 4 is 16.9 Å². The maximum absolute atomic E-state index is 12.8. The van der Waals surface area contributed by atoms with Gasteiger partial charge in [-0.25, -0.2) is 9.48 Å². The summed E-state index contributed by atoms with van der Waals surface area (Å²) >= 11 is 0. The largest absolute Gasteiger partial charge is 0.489 e. The van der Waals surface area contributed by atoms with Crippen LogP contribution in [-0.4, -0.2) is 26.5 Å². The summed E-state index contributed by atoms with van der Waals surface area (Å²) in [7, 11) is 0. The van der Waals surface area contributed by atoms with Gasteiger partial charge in [0.15, 0.2) is 5.60 Å². The summed E-state index contributed by atoms with van der Waals surface area (Å²) in [5.74, 6) is -0.000333. The summed E-state index contributed by atoms with van der Waals surface area (Å²) in [5.41, 5.74) is 0.785. The summed E-state index contributed by atoms with van der Waals surface area (Å²) in [6, 6.07) is 15.6. The van der Waals surface area contributed by atoms with Crippen molar-refractivity contribution in [3.05, 3.63) is 83.6 Å². The van der Waals surface area contributed by atoms with Crippen molar-refractivity contribution in [3.8, 4) is 17.2 Å². The zero-order chi connectivity index (χ0) is 25.4. The van der Waals surface area contributed by atoms with Crippen LogP contribution >= 0.6 is 0 Å².